The van der Waals surface area contributed by atoms with E-state index in [1.54, 1.807) is 6.07 Å². The molecule has 0 bridgehead atoms. The minimum absolute atomic E-state index is 0.148. The van der Waals surface area contributed by atoms with E-state index in [2.05, 4.69) is 5.32 Å². The summed E-state index contributed by atoms with van der Waals surface area (Å²) in [5, 5.41) is 12.1. The van der Waals surface area contributed by atoms with Crippen LogP contribution in [0.15, 0.2) is 18.2 Å². The monoisotopic (exact) mass is 280 g/mol. The van der Waals surface area contributed by atoms with Gasteiger partial charge in [-0.05, 0) is 49.8 Å². The van der Waals surface area contributed by atoms with E-state index in [0.717, 1.165) is 37.9 Å². The van der Waals surface area contributed by atoms with E-state index in [4.69, 9.17) is 5.11 Å². The SMILES string of the molecule is CN(CCCCCO)c1ccc(CNC2CC2)cc1F. The zero-order valence-corrected chi connectivity index (χ0v) is 12.2. The third-order valence-electron chi connectivity index (χ3n) is 3.75. The van der Waals surface area contributed by atoms with Crippen molar-refractivity contribution < 1.29 is 9.50 Å². The Balaban J connectivity index is 1.83. The van der Waals surface area contributed by atoms with Gasteiger partial charge in [-0.25, -0.2) is 4.39 Å². The number of aliphatic hydroxyl groups is 1. The third-order valence-corrected chi connectivity index (χ3v) is 3.75. The van der Waals surface area contributed by atoms with Gasteiger partial charge in [-0.3, -0.25) is 0 Å². The molecule has 1 aliphatic rings. The topological polar surface area (TPSA) is 35.5 Å². The summed E-state index contributed by atoms with van der Waals surface area (Å²) in [6.45, 7) is 1.80. The summed E-state index contributed by atoms with van der Waals surface area (Å²) in [6.07, 6.45) is 5.27. The molecule has 4 heteroatoms. The molecule has 0 radical (unpaired) electrons. The number of aliphatic hydroxyl groups excluding tert-OH is 1. The van der Waals surface area contributed by atoms with E-state index in [0.29, 0.717) is 11.7 Å². The van der Waals surface area contributed by atoms with Gasteiger partial charge in [0.15, 0.2) is 0 Å². The number of anilines is 1. The first-order chi connectivity index (χ1) is 9.70. The van der Waals surface area contributed by atoms with Crippen LogP contribution in [0.2, 0.25) is 0 Å². The summed E-state index contributed by atoms with van der Waals surface area (Å²) in [4.78, 5) is 1.95. The van der Waals surface area contributed by atoms with Crippen molar-refractivity contribution in [2.75, 3.05) is 25.1 Å². The number of hydrogen-bond donors (Lipinski definition) is 2. The van der Waals surface area contributed by atoms with Gasteiger partial charge >= 0.3 is 0 Å². The molecule has 1 saturated carbocycles. The second-order valence-corrected chi connectivity index (χ2v) is 5.65. The van der Waals surface area contributed by atoms with Gasteiger partial charge in [0.25, 0.3) is 0 Å². The fraction of sp³-hybridized carbons (Fsp3) is 0.625. The van der Waals surface area contributed by atoms with Crippen LogP contribution in [-0.4, -0.2) is 31.3 Å². The maximum Gasteiger partial charge on any atom is 0.146 e. The average Bonchev–Trinajstić information content (AvgIpc) is 3.25. The smallest absolute Gasteiger partial charge is 0.146 e. The molecular formula is C16H25FN2O. The molecule has 3 nitrogen and oxygen atoms in total. The van der Waals surface area contributed by atoms with Gasteiger partial charge in [-0.15, -0.1) is 0 Å². The first-order valence-corrected chi connectivity index (χ1v) is 7.54. The van der Waals surface area contributed by atoms with Crippen LogP contribution < -0.4 is 10.2 Å². The summed E-state index contributed by atoms with van der Waals surface area (Å²) >= 11 is 0. The Hall–Kier alpha value is -1.13. The molecule has 1 fully saturated rings. The number of nitrogens with zero attached hydrogens (tertiary/aromatic N) is 1. The summed E-state index contributed by atoms with van der Waals surface area (Å²) in [7, 11) is 1.92. The van der Waals surface area contributed by atoms with Crippen molar-refractivity contribution in [3.8, 4) is 0 Å². The van der Waals surface area contributed by atoms with Crippen molar-refractivity contribution in [2.45, 2.75) is 44.7 Å². The molecule has 0 unspecified atom stereocenters. The highest BCUT2D eigenvalue weighted by Crippen LogP contribution is 2.22. The Morgan fingerprint density at radius 1 is 1.30 bits per heavy atom. The number of hydrogen-bond acceptors (Lipinski definition) is 3. The van der Waals surface area contributed by atoms with Crippen LogP contribution in [0.1, 0.15) is 37.7 Å². The predicted octanol–water partition coefficient (Wildman–Crippen LogP) is 2.68. The molecule has 0 saturated heterocycles. The van der Waals surface area contributed by atoms with E-state index in [1.165, 1.54) is 12.8 Å². The summed E-state index contributed by atoms with van der Waals surface area (Å²) in [5.74, 6) is -0.148. The maximum atomic E-state index is 14.1. The number of unbranched alkanes of at least 4 members (excludes halogenated alkanes) is 2. The standard InChI is InChI=1S/C16H25FN2O/c1-19(9-3-2-4-10-20)16-8-5-13(11-15(16)17)12-18-14-6-7-14/h5,8,11,14,18,20H,2-4,6-7,9-10,12H2,1H3. The minimum Gasteiger partial charge on any atom is -0.396 e. The number of halogens is 1. The lowest BCUT2D eigenvalue weighted by Crippen LogP contribution is -2.20. The molecule has 0 spiro atoms. The third kappa shape index (κ3) is 4.76. The van der Waals surface area contributed by atoms with Crippen molar-refractivity contribution in [3.05, 3.63) is 29.6 Å². The molecule has 1 aliphatic carbocycles. The Morgan fingerprint density at radius 3 is 2.75 bits per heavy atom. The highest BCUT2D eigenvalue weighted by Gasteiger charge is 2.20. The van der Waals surface area contributed by atoms with Crippen LogP contribution in [0.3, 0.4) is 0 Å². The van der Waals surface area contributed by atoms with Gasteiger partial charge in [-0.2, -0.15) is 0 Å². The second-order valence-electron chi connectivity index (χ2n) is 5.65. The number of benzene rings is 1. The quantitative estimate of drug-likeness (QED) is 0.683. The second kappa shape index (κ2) is 7.60. The van der Waals surface area contributed by atoms with Crippen molar-refractivity contribution >= 4 is 5.69 Å². The zero-order chi connectivity index (χ0) is 14.4. The molecule has 1 aromatic carbocycles. The maximum absolute atomic E-state index is 14.1. The molecule has 0 heterocycles. The average molecular weight is 280 g/mol. The number of nitrogens with one attached hydrogen (secondary N) is 1. The van der Waals surface area contributed by atoms with Crippen LogP contribution >= 0.6 is 0 Å². The summed E-state index contributed by atoms with van der Waals surface area (Å²) < 4.78 is 14.1. The molecule has 0 atom stereocenters. The molecule has 20 heavy (non-hydrogen) atoms. The van der Waals surface area contributed by atoms with E-state index < -0.39 is 0 Å². The fourth-order valence-corrected chi connectivity index (χ4v) is 2.28. The highest BCUT2D eigenvalue weighted by atomic mass is 19.1. The van der Waals surface area contributed by atoms with Crippen molar-refractivity contribution in [3.63, 3.8) is 0 Å². The summed E-state index contributed by atoms with van der Waals surface area (Å²) in [6, 6.07) is 6.14. The Bertz CT molecular complexity index is 421. The lowest BCUT2D eigenvalue weighted by molar-refractivity contribution is 0.283. The fourth-order valence-electron chi connectivity index (χ4n) is 2.28. The predicted molar refractivity (Wildman–Crippen MR) is 80.5 cm³/mol. The Labute approximate surface area is 120 Å². The molecule has 2 rings (SSSR count). The van der Waals surface area contributed by atoms with Gasteiger partial charge in [0.05, 0.1) is 5.69 Å². The zero-order valence-electron chi connectivity index (χ0n) is 12.2. The first kappa shape index (κ1) is 15.3. The summed E-state index contributed by atoms with van der Waals surface area (Å²) in [5.41, 5.74) is 1.66. The van der Waals surface area contributed by atoms with Crippen molar-refractivity contribution in [1.82, 2.24) is 5.32 Å². The highest BCUT2D eigenvalue weighted by molar-refractivity contribution is 5.48. The van der Waals surface area contributed by atoms with Gasteiger partial charge < -0.3 is 15.3 Å². The van der Waals surface area contributed by atoms with Gasteiger partial charge in [0, 0.05) is 32.8 Å². The van der Waals surface area contributed by atoms with Crippen LogP contribution in [0.5, 0.6) is 0 Å². The van der Waals surface area contributed by atoms with E-state index in [-0.39, 0.29) is 12.4 Å². The molecular weight excluding hydrogens is 255 g/mol. The first-order valence-electron chi connectivity index (χ1n) is 7.54. The largest absolute Gasteiger partial charge is 0.396 e. The molecule has 0 aromatic heterocycles. The number of rotatable bonds is 9. The van der Waals surface area contributed by atoms with E-state index >= 15 is 0 Å². The van der Waals surface area contributed by atoms with Crippen LogP contribution in [0.25, 0.3) is 0 Å². The van der Waals surface area contributed by atoms with Crippen molar-refractivity contribution in [1.29, 1.82) is 0 Å². The van der Waals surface area contributed by atoms with Crippen molar-refractivity contribution in [2.24, 2.45) is 0 Å². The normalized spacial score (nSPS) is 14.6. The minimum atomic E-state index is -0.148. The van der Waals surface area contributed by atoms with E-state index in [1.807, 2.05) is 24.1 Å². The van der Waals surface area contributed by atoms with Crippen LogP contribution in [0.4, 0.5) is 10.1 Å². The molecule has 112 valence electrons. The molecule has 2 N–H and O–H groups in total. The van der Waals surface area contributed by atoms with Crippen LogP contribution in [0, 0.1) is 5.82 Å². The molecule has 0 amide bonds. The van der Waals surface area contributed by atoms with Gasteiger partial charge in [-0.1, -0.05) is 6.07 Å². The molecule has 0 aliphatic heterocycles. The Kier molecular flexibility index (Phi) is 5.80. The van der Waals surface area contributed by atoms with Gasteiger partial charge in [0.1, 0.15) is 5.82 Å². The lowest BCUT2D eigenvalue weighted by atomic mass is 10.1. The molecule has 1 aromatic rings. The Morgan fingerprint density at radius 2 is 2.10 bits per heavy atom. The van der Waals surface area contributed by atoms with Gasteiger partial charge in [0.2, 0.25) is 0 Å². The lowest BCUT2D eigenvalue weighted by Gasteiger charge is -2.20. The van der Waals surface area contributed by atoms with E-state index in [9.17, 15) is 4.39 Å². The van der Waals surface area contributed by atoms with Crippen LogP contribution in [-0.2, 0) is 6.54 Å².